The van der Waals surface area contributed by atoms with Crippen LogP contribution in [-0.2, 0) is 31.7 Å². The first-order valence-corrected chi connectivity index (χ1v) is 11.3. The largest absolute Gasteiger partial charge is 0.354 e. The number of carbonyl (C=O) groups is 1. The van der Waals surface area contributed by atoms with Crippen molar-refractivity contribution in [1.29, 1.82) is 0 Å². The molecule has 2 fully saturated rings. The van der Waals surface area contributed by atoms with Crippen LogP contribution in [0.3, 0.4) is 0 Å². The molecular formula is C18H28N4O4S. The number of rotatable bonds is 5. The molecule has 3 aliphatic rings. The molecule has 150 valence electrons. The minimum absolute atomic E-state index is 0.115. The number of hydrogen-bond donors (Lipinski definition) is 1. The quantitative estimate of drug-likeness (QED) is 0.796. The Morgan fingerprint density at radius 1 is 1.37 bits per heavy atom. The van der Waals surface area contributed by atoms with E-state index < -0.39 is 21.7 Å². The van der Waals surface area contributed by atoms with Crippen LogP contribution in [0.25, 0.3) is 0 Å². The van der Waals surface area contributed by atoms with Crippen LogP contribution < -0.4 is 5.32 Å². The van der Waals surface area contributed by atoms with Gasteiger partial charge in [-0.2, -0.15) is 0 Å². The zero-order chi connectivity index (χ0) is 19.2. The van der Waals surface area contributed by atoms with E-state index in [4.69, 9.17) is 4.74 Å². The average molecular weight is 397 g/mol. The molecule has 1 spiro atoms. The second-order valence-corrected chi connectivity index (χ2v) is 10.5. The van der Waals surface area contributed by atoms with Crippen LogP contribution in [0.15, 0.2) is 12.4 Å². The van der Waals surface area contributed by atoms with Gasteiger partial charge in [0.15, 0.2) is 6.10 Å². The minimum Gasteiger partial charge on any atom is -0.354 e. The van der Waals surface area contributed by atoms with Gasteiger partial charge in [0.1, 0.15) is 11.4 Å². The zero-order valence-electron chi connectivity index (χ0n) is 15.9. The second-order valence-electron chi connectivity index (χ2n) is 8.29. The van der Waals surface area contributed by atoms with Crippen molar-refractivity contribution in [1.82, 2.24) is 19.2 Å². The Labute approximate surface area is 160 Å². The van der Waals surface area contributed by atoms with Gasteiger partial charge in [-0.1, -0.05) is 13.8 Å². The number of nitrogens with one attached hydrogen (secondary N) is 1. The average Bonchev–Trinajstić information content (AvgIpc) is 3.39. The summed E-state index contributed by atoms with van der Waals surface area (Å²) < 4.78 is 35.0. The fraction of sp³-hybridized carbons (Fsp3) is 0.778. The van der Waals surface area contributed by atoms with Crippen LogP contribution in [0.4, 0.5) is 0 Å². The first-order valence-electron chi connectivity index (χ1n) is 9.78. The van der Waals surface area contributed by atoms with Crippen molar-refractivity contribution in [3.05, 3.63) is 18.2 Å². The van der Waals surface area contributed by atoms with Gasteiger partial charge in [0.25, 0.3) is 5.91 Å². The number of piperidine rings is 1. The van der Waals surface area contributed by atoms with E-state index in [0.717, 1.165) is 18.7 Å². The molecule has 2 aliphatic heterocycles. The van der Waals surface area contributed by atoms with Crippen LogP contribution >= 0.6 is 0 Å². The number of carbonyl (C=O) groups excluding carboxylic acids is 1. The highest BCUT2D eigenvalue weighted by molar-refractivity contribution is 7.90. The summed E-state index contributed by atoms with van der Waals surface area (Å²) in [4.78, 5) is 17.1. The lowest BCUT2D eigenvalue weighted by Crippen LogP contribution is -2.55. The third kappa shape index (κ3) is 3.52. The Bertz CT molecular complexity index is 807. The van der Waals surface area contributed by atoms with E-state index in [2.05, 4.69) is 10.3 Å². The highest BCUT2D eigenvalue weighted by atomic mass is 32.2. The number of fused-ring (bicyclic) bond motifs is 2. The number of hydrogen-bond acceptors (Lipinski definition) is 5. The van der Waals surface area contributed by atoms with Gasteiger partial charge in [-0.05, 0) is 31.6 Å². The lowest BCUT2D eigenvalue weighted by Gasteiger charge is -2.45. The summed E-state index contributed by atoms with van der Waals surface area (Å²) in [5.41, 5.74) is -0.697. The molecule has 1 amide bonds. The molecule has 1 aromatic heterocycles. The third-order valence-electron chi connectivity index (χ3n) is 5.67. The molecule has 0 aromatic carbocycles. The monoisotopic (exact) mass is 396 g/mol. The fourth-order valence-electron chi connectivity index (χ4n) is 3.97. The first-order chi connectivity index (χ1) is 12.8. The van der Waals surface area contributed by atoms with Crippen molar-refractivity contribution in [2.75, 3.05) is 19.6 Å². The summed E-state index contributed by atoms with van der Waals surface area (Å²) in [5.74, 6) is 1.06. The molecular weight excluding hydrogens is 368 g/mol. The minimum atomic E-state index is -3.18. The molecule has 0 radical (unpaired) electrons. The maximum Gasteiger partial charge on any atom is 0.251 e. The van der Waals surface area contributed by atoms with E-state index in [0.29, 0.717) is 44.9 Å². The van der Waals surface area contributed by atoms with Crippen LogP contribution in [0.2, 0.25) is 0 Å². The Balaban J connectivity index is 1.51. The molecule has 0 unspecified atom stereocenters. The van der Waals surface area contributed by atoms with Gasteiger partial charge in [0.2, 0.25) is 10.0 Å². The van der Waals surface area contributed by atoms with E-state index in [9.17, 15) is 13.2 Å². The Hall–Kier alpha value is -1.45. The summed E-state index contributed by atoms with van der Waals surface area (Å²) in [6.07, 6.45) is 5.58. The van der Waals surface area contributed by atoms with E-state index in [1.54, 1.807) is 10.5 Å². The van der Waals surface area contributed by atoms with Crippen molar-refractivity contribution >= 4 is 15.9 Å². The molecule has 4 rings (SSSR count). The normalized spacial score (nSPS) is 25.5. The molecule has 0 bridgehead atoms. The van der Waals surface area contributed by atoms with Gasteiger partial charge in [-0.3, -0.25) is 4.79 Å². The van der Waals surface area contributed by atoms with Crippen LogP contribution in [0.1, 0.15) is 45.4 Å². The standard InChI is InChI=1S/C18H28N4O4S/c1-13(2)11-20-16(23)15-12-21-10-7-19-17(21)18(26-15)5-8-22(9-6-18)27(24,25)14-3-4-14/h7,10,13-15H,3-6,8-9,11-12H2,1-2H3,(H,20,23)/t15-/m1/s1. The number of ether oxygens (including phenoxy) is 1. The number of sulfonamides is 1. The third-order valence-corrected chi connectivity index (χ3v) is 8.06. The molecule has 1 aliphatic carbocycles. The SMILES string of the molecule is CC(C)CNC(=O)[C@H]1Cn2ccnc2C2(CCN(S(=O)(=O)C3CC3)CC2)O1. The van der Waals surface area contributed by atoms with Gasteiger partial charge in [0, 0.05) is 32.0 Å². The predicted molar refractivity (Wildman–Crippen MR) is 99.4 cm³/mol. The second kappa shape index (κ2) is 6.86. The van der Waals surface area contributed by atoms with Crippen LogP contribution in [0, 0.1) is 5.92 Å². The fourth-order valence-corrected chi connectivity index (χ4v) is 5.82. The molecule has 27 heavy (non-hydrogen) atoms. The van der Waals surface area contributed by atoms with Gasteiger partial charge < -0.3 is 14.6 Å². The first kappa shape index (κ1) is 18.9. The smallest absolute Gasteiger partial charge is 0.251 e. The van der Waals surface area contributed by atoms with E-state index in [1.165, 1.54) is 0 Å². The molecule has 9 heteroatoms. The molecule has 1 saturated heterocycles. The van der Waals surface area contributed by atoms with E-state index in [1.807, 2.05) is 24.6 Å². The summed E-state index contributed by atoms with van der Waals surface area (Å²) in [6, 6.07) is 0. The number of imidazole rings is 1. The van der Waals surface area contributed by atoms with Gasteiger partial charge in [-0.25, -0.2) is 17.7 Å². The Kier molecular flexibility index (Phi) is 4.80. The summed E-state index contributed by atoms with van der Waals surface area (Å²) in [5, 5.41) is 2.75. The van der Waals surface area contributed by atoms with Gasteiger partial charge in [0.05, 0.1) is 11.8 Å². The summed E-state index contributed by atoms with van der Waals surface area (Å²) in [6.45, 7) is 5.96. The Morgan fingerprint density at radius 2 is 2.07 bits per heavy atom. The molecule has 3 heterocycles. The van der Waals surface area contributed by atoms with Crippen molar-refractivity contribution in [3.63, 3.8) is 0 Å². The van der Waals surface area contributed by atoms with Crippen molar-refractivity contribution < 1.29 is 17.9 Å². The highest BCUT2D eigenvalue weighted by Crippen LogP contribution is 2.42. The highest BCUT2D eigenvalue weighted by Gasteiger charge is 2.50. The van der Waals surface area contributed by atoms with Crippen molar-refractivity contribution in [3.8, 4) is 0 Å². The maximum atomic E-state index is 12.6. The topological polar surface area (TPSA) is 93.5 Å². The zero-order valence-corrected chi connectivity index (χ0v) is 16.7. The predicted octanol–water partition coefficient (Wildman–Crippen LogP) is 0.837. The molecule has 1 atom stereocenters. The molecule has 1 saturated carbocycles. The van der Waals surface area contributed by atoms with Crippen LogP contribution in [0.5, 0.6) is 0 Å². The number of aromatic nitrogens is 2. The number of nitrogens with zero attached hydrogens (tertiary/aromatic N) is 3. The summed E-state index contributed by atoms with van der Waals surface area (Å²) >= 11 is 0. The van der Waals surface area contributed by atoms with E-state index in [-0.39, 0.29) is 11.2 Å². The van der Waals surface area contributed by atoms with Gasteiger partial charge >= 0.3 is 0 Å². The molecule has 1 aromatic rings. The van der Waals surface area contributed by atoms with Gasteiger partial charge in [-0.15, -0.1) is 0 Å². The van der Waals surface area contributed by atoms with E-state index >= 15 is 0 Å². The van der Waals surface area contributed by atoms with Crippen molar-refractivity contribution in [2.45, 2.75) is 63.0 Å². The lowest BCUT2D eigenvalue weighted by atomic mass is 9.89. The number of amides is 1. The van der Waals surface area contributed by atoms with Crippen LogP contribution in [-0.4, -0.2) is 59.2 Å². The molecule has 1 N–H and O–H groups in total. The Morgan fingerprint density at radius 3 is 2.70 bits per heavy atom. The maximum absolute atomic E-state index is 12.6. The molecule has 8 nitrogen and oxygen atoms in total. The summed E-state index contributed by atoms with van der Waals surface area (Å²) in [7, 11) is -3.18. The lowest BCUT2D eigenvalue weighted by molar-refractivity contribution is -0.170. The van der Waals surface area contributed by atoms with Crippen molar-refractivity contribution in [2.24, 2.45) is 5.92 Å².